The third-order valence-electron chi connectivity index (χ3n) is 5.43. The van der Waals surface area contributed by atoms with Crippen LogP contribution in [0.15, 0.2) is 0 Å². The molecule has 1 saturated carbocycles. The van der Waals surface area contributed by atoms with Crippen molar-refractivity contribution in [2.75, 3.05) is 26.2 Å². The highest BCUT2D eigenvalue weighted by Gasteiger charge is 2.38. The molecule has 2 aliphatic rings. The Morgan fingerprint density at radius 1 is 1.25 bits per heavy atom. The number of hydrogen-bond donors (Lipinski definition) is 1. The van der Waals surface area contributed by atoms with Gasteiger partial charge in [0.25, 0.3) is 0 Å². The number of nitrogens with zero attached hydrogens (tertiary/aromatic N) is 2. The van der Waals surface area contributed by atoms with Crippen LogP contribution in [0.1, 0.15) is 46.5 Å². The van der Waals surface area contributed by atoms with E-state index >= 15 is 0 Å². The maximum absolute atomic E-state index is 11.5. The lowest BCUT2D eigenvalue weighted by Gasteiger charge is -2.45. The van der Waals surface area contributed by atoms with Crippen molar-refractivity contribution in [2.24, 2.45) is 11.8 Å². The molecule has 4 nitrogen and oxygen atoms in total. The normalized spacial score (nSPS) is 34.9. The van der Waals surface area contributed by atoms with Gasteiger partial charge < -0.3 is 5.11 Å². The van der Waals surface area contributed by atoms with Crippen LogP contribution in [-0.2, 0) is 4.79 Å². The minimum atomic E-state index is -0.591. The smallest absolute Gasteiger partial charge is 0.308 e. The standard InChI is InChI=1S/C16H30N2O2/c1-4-13(3)17-7-9-18(10-8-17)15-11-12(2)5-6-14(15)16(19)20/h12-15H,4-11H2,1-3H3,(H,19,20). The first-order chi connectivity index (χ1) is 9.52. The van der Waals surface area contributed by atoms with Crippen LogP contribution in [0.25, 0.3) is 0 Å². The van der Waals surface area contributed by atoms with Gasteiger partial charge in [-0.3, -0.25) is 14.6 Å². The first-order valence-corrected chi connectivity index (χ1v) is 8.23. The van der Waals surface area contributed by atoms with Gasteiger partial charge in [-0.15, -0.1) is 0 Å². The number of aliphatic carboxylic acids is 1. The molecule has 0 bridgehead atoms. The zero-order chi connectivity index (χ0) is 14.7. The van der Waals surface area contributed by atoms with Gasteiger partial charge in [-0.05, 0) is 38.5 Å². The molecule has 2 rings (SSSR count). The zero-order valence-corrected chi connectivity index (χ0v) is 13.2. The van der Waals surface area contributed by atoms with E-state index in [1.165, 1.54) is 6.42 Å². The highest BCUT2D eigenvalue weighted by molar-refractivity contribution is 5.71. The Bertz CT molecular complexity index is 326. The quantitative estimate of drug-likeness (QED) is 0.859. The van der Waals surface area contributed by atoms with Crippen LogP contribution in [0.5, 0.6) is 0 Å². The molecule has 0 aromatic rings. The summed E-state index contributed by atoms with van der Waals surface area (Å²) in [4.78, 5) is 16.5. The van der Waals surface area contributed by atoms with Gasteiger partial charge in [0.1, 0.15) is 0 Å². The summed E-state index contributed by atoms with van der Waals surface area (Å²) in [6.45, 7) is 11.0. The molecule has 116 valence electrons. The van der Waals surface area contributed by atoms with Gasteiger partial charge in [0.05, 0.1) is 5.92 Å². The van der Waals surface area contributed by atoms with Crippen LogP contribution < -0.4 is 0 Å². The Labute approximate surface area is 123 Å². The van der Waals surface area contributed by atoms with Crippen molar-refractivity contribution in [1.82, 2.24) is 9.80 Å². The van der Waals surface area contributed by atoms with Gasteiger partial charge in [-0.2, -0.15) is 0 Å². The van der Waals surface area contributed by atoms with Crippen molar-refractivity contribution in [3.05, 3.63) is 0 Å². The second-order valence-corrected chi connectivity index (χ2v) is 6.76. The maximum atomic E-state index is 11.5. The number of carboxylic acids is 1. The maximum Gasteiger partial charge on any atom is 0.308 e. The van der Waals surface area contributed by atoms with Crippen molar-refractivity contribution < 1.29 is 9.90 Å². The van der Waals surface area contributed by atoms with Gasteiger partial charge in [-0.1, -0.05) is 13.8 Å². The minimum absolute atomic E-state index is 0.152. The molecule has 4 atom stereocenters. The van der Waals surface area contributed by atoms with E-state index in [0.29, 0.717) is 12.0 Å². The summed E-state index contributed by atoms with van der Waals surface area (Å²) in [5.74, 6) is -0.0733. The van der Waals surface area contributed by atoms with Crippen LogP contribution in [0.3, 0.4) is 0 Å². The van der Waals surface area contributed by atoms with E-state index in [1.807, 2.05) is 0 Å². The Kier molecular flexibility index (Phi) is 5.44. The summed E-state index contributed by atoms with van der Waals surface area (Å²) in [7, 11) is 0. The van der Waals surface area contributed by atoms with E-state index in [4.69, 9.17) is 0 Å². The fourth-order valence-corrected chi connectivity index (χ4v) is 3.81. The van der Waals surface area contributed by atoms with Gasteiger partial charge in [0.15, 0.2) is 0 Å². The predicted octanol–water partition coefficient (Wildman–Crippen LogP) is 2.29. The number of carbonyl (C=O) groups is 1. The first kappa shape index (κ1) is 15.8. The highest BCUT2D eigenvalue weighted by Crippen LogP contribution is 2.33. The van der Waals surface area contributed by atoms with Gasteiger partial charge in [0.2, 0.25) is 0 Å². The van der Waals surface area contributed by atoms with Gasteiger partial charge in [0, 0.05) is 38.3 Å². The first-order valence-electron chi connectivity index (χ1n) is 8.23. The van der Waals surface area contributed by atoms with E-state index in [9.17, 15) is 9.90 Å². The molecule has 0 spiro atoms. The van der Waals surface area contributed by atoms with E-state index in [1.54, 1.807) is 0 Å². The average Bonchev–Trinajstić information content (AvgIpc) is 2.46. The molecule has 1 saturated heterocycles. The van der Waals surface area contributed by atoms with Crippen LogP contribution in [0.4, 0.5) is 0 Å². The molecule has 1 heterocycles. The summed E-state index contributed by atoms with van der Waals surface area (Å²) in [6, 6.07) is 0.910. The monoisotopic (exact) mass is 282 g/mol. The second kappa shape index (κ2) is 6.90. The van der Waals surface area contributed by atoms with Crippen LogP contribution in [-0.4, -0.2) is 59.1 Å². The molecule has 0 amide bonds. The third kappa shape index (κ3) is 3.53. The number of hydrogen-bond acceptors (Lipinski definition) is 3. The van der Waals surface area contributed by atoms with Crippen molar-refractivity contribution in [1.29, 1.82) is 0 Å². The summed E-state index contributed by atoms with van der Waals surface area (Å²) < 4.78 is 0. The zero-order valence-electron chi connectivity index (χ0n) is 13.2. The van der Waals surface area contributed by atoms with Crippen molar-refractivity contribution in [3.8, 4) is 0 Å². The molecule has 0 aromatic carbocycles. The van der Waals surface area contributed by atoms with Crippen molar-refractivity contribution >= 4 is 5.97 Å². The van der Waals surface area contributed by atoms with Crippen LogP contribution in [0, 0.1) is 11.8 Å². The third-order valence-corrected chi connectivity index (χ3v) is 5.43. The van der Waals surface area contributed by atoms with E-state index in [-0.39, 0.29) is 12.0 Å². The average molecular weight is 282 g/mol. The summed E-state index contributed by atoms with van der Waals surface area (Å²) >= 11 is 0. The van der Waals surface area contributed by atoms with E-state index in [2.05, 4.69) is 30.6 Å². The molecule has 4 unspecified atom stereocenters. The Balaban J connectivity index is 1.95. The molecular weight excluding hydrogens is 252 g/mol. The highest BCUT2D eigenvalue weighted by atomic mass is 16.4. The molecule has 2 fully saturated rings. The van der Waals surface area contributed by atoms with Gasteiger partial charge in [-0.25, -0.2) is 0 Å². The largest absolute Gasteiger partial charge is 0.481 e. The predicted molar refractivity (Wildman–Crippen MR) is 80.8 cm³/mol. The summed E-state index contributed by atoms with van der Waals surface area (Å²) in [5.41, 5.74) is 0. The van der Waals surface area contributed by atoms with E-state index < -0.39 is 5.97 Å². The van der Waals surface area contributed by atoms with Crippen molar-refractivity contribution in [2.45, 2.75) is 58.5 Å². The number of rotatable bonds is 4. The molecule has 1 aliphatic carbocycles. The summed E-state index contributed by atoms with van der Waals surface area (Å²) in [6.07, 6.45) is 4.17. The Morgan fingerprint density at radius 3 is 2.45 bits per heavy atom. The molecule has 1 N–H and O–H groups in total. The molecule has 0 radical (unpaired) electrons. The topological polar surface area (TPSA) is 43.8 Å². The van der Waals surface area contributed by atoms with Crippen LogP contribution in [0.2, 0.25) is 0 Å². The number of piperazine rings is 1. The molecule has 1 aliphatic heterocycles. The minimum Gasteiger partial charge on any atom is -0.481 e. The number of carboxylic acid groups (broad SMARTS) is 1. The van der Waals surface area contributed by atoms with Gasteiger partial charge >= 0.3 is 5.97 Å². The Hall–Kier alpha value is -0.610. The lowest BCUT2D eigenvalue weighted by atomic mass is 9.78. The lowest BCUT2D eigenvalue weighted by Crippen LogP contribution is -2.56. The molecule has 20 heavy (non-hydrogen) atoms. The fraction of sp³-hybridized carbons (Fsp3) is 0.938. The summed E-state index contributed by atoms with van der Waals surface area (Å²) in [5, 5.41) is 9.47. The lowest BCUT2D eigenvalue weighted by molar-refractivity contribution is -0.146. The fourth-order valence-electron chi connectivity index (χ4n) is 3.81. The van der Waals surface area contributed by atoms with Crippen molar-refractivity contribution in [3.63, 3.8) is 0 Å². The SMILES string of the molecule is CCC(C)N1CCN(C2CC(C)CCC2C(=O)O)CC1. The van der Waals surface area contributed by atoms with Crippen LogP contribution >= 0.6 is 0 Å². The Morgan fingerprint density at radius 2 is 1.90 bits per heavy atom. The second-order valence-electron chi connectivity index (χ2n) is 6.76. The molecule has 0 aromatic heterocycles. The molecular formula is C16H30N2O2. The molecule has 4 heteroatoms. The van der Waals surface area contributed by atoms with E-state index in [0.717, 1.165) is 45.4 Å².